The van der Waals surface area contributed by atoms with Crippen molar-refractivity contribution in [1.82, 2.24) is 35.6 Å². The van der Waals surface area contributed by atoms with Crippen LogP contribution < -0.4 is 10.6 Å². The van der Waals surface area contributed by atoms with Crippen molar-refractivity contribution >= 4 is 6.03 Å². The van der Waals surface area contributed by atoms with Gasteiger partial charge in [-0.05, 0) is 23.8 Å². The van der Waals surface area contributed by atoms with Crippen LogP contribution in [0.2, 0.25) is 0 Å². The average molecular weight is 309 g/mol. The molecule has 0 saturated carbocycles. The van der Waals surface area contributed by atoms with E-state index in [1.54, 1.807) is 35.7 Å². The summed E-state index contributed by atoms with van der Waals surface area (Å²) in [5.41, 5.74) is 2.46. The maximum atomic E-state index is 11.8. The minimum absolute atomic E-state index is 0.271. The second kappa shape index (κ2) is 7.12. The molecule has 0 unspecified atom stereocenters. The van der Waals surface area contributed by atoms with Crippen LogP contribution in [-0.4, -0.2) is 31.0 Å². The van der Waals surface area contributed by atoms with Crippen LogP contribution in [0.15, 0.2) is 55.2 Å². The fourth-order valence-electron chi connectivity index (χ4n) is 1.92. The van der Waals surface area contributed by atoms with E-state index in [0.29, 0.717) is 18.8 Å². The first-order valence-corrected chi connectivity index (χ1v) is 7.03. The van der Waals surface area contributed by atoms with Crippen molar-refractivity contribution in [3.05, 3.63) is 66.5 Å². The Bertz CT molecular complexity index is 758. The summed E-state index contributed by atoms with van der Waals surface area (Å²) in [6, 6.07) is 7.10. The van der Waals surface area contributed by atoms with Gasteiger partial charge in [-0.25, -0.2) is 9.48 Å². The van der Waals surface area contributed by atoms with Crippen LogP contribution in [0.4, 0.5) is 4.79 Å². The van der Waals surface area contributed by atoms with Crippen molar-refractivity contribution in [2.24, 2.45) is 0 Å². The molecule has 2 amide bonds. The highest BCUT2D eigenvalue weighted by molar-refractivity contribution is 5.73. The molecule has 0 aliphatic heterocycles. The number of nitrogens with one attached hydrogen (secondary N) is 2. The van der Waals surface area contributed by atoms with Gasteiger partial charge in [0.1, 0.15) is 5.69 Å². The van der Waals surface area contributed by atoms with E-state index in [1.807, 2.05) is 24.3 Å². The van der Waals surface area contributed by atoms with Gasteiger partial charge >= 0.3 is 6.03 Å². The average Bonchev–Trinajstić information content (AvgIpc) is 3.09. The largest absolute Gasteiger partial charge is 0.334 e. The molecule has 0 aromatic carbocycles. The summed E-state index contributed by atoms with van der Waals surface area (Å²) in [5.74, 6) is 0. The normalized spacial score (nSPS) is 10.3. The molecule has 8 nitrogen and oxygen atoms in total. The first-order chi connectivity index (χ1) is 11.3. The molecule has 0 radical (unpaired) electrons. The maximum Gasteiger partial charge on any atom is 0.315 e. The molecule has 0 saturated heterocycles. The van der Waals surface area contributed by atoms with Crippen molar-refractivity contribution in [1.29, 1.82) is 0 Å². The van der Waals surface area contributed by atoms with Crippen LogP contribution in [-0.2, 0) is 13.1 Å². The molecule has 3 rings (SSSR count). The summed E-state index contributed by atoms with van der Waals surface area (Å²) >= 11 is 0. The fourth-order valence-corrected chi connectivity index (χ4v) is 1.92. The van der Waals surface area contributed by atoms with E-state index in [2.05, 4.69) is 30.9 Å². The summed E-state index contributed by atoms with van der Waals surface area (Å²) < 4.78 is 1.63. The van der Waals surface area contributed by atoms with E-state index >= 15 is 0 Å². The van der Waals surface area contributed by atoms with Crippen LogP contribution in [0.25, 0.3) is 5.69 Å². The molecular weight excluding hydrogens is 294 g/mol. The van der Waals surface area contributed by atoms with Crippen molar-refractivity contribution < 1.29 is 4.79 Å². The molecule has 2 N–H and O–H groups in total. The molecule has 116 valence electrons. The van der Waals surface area contributed by atoms with E-state index in [9.17, 15) is 4.79 Å². The highest BCUT2D eigenvalue weighted by Gasteiger charge is 2.05. The lowest BCUT2D eigenvalue weighted by molar-refractivity contribution is 0.240. The Morgan fingerprint density at radius 3 is 2.65 bits per heavy atom. The Hall–Kier alpha value is -3.29. The summed E-state index contributed by atoms with van der Waals surface area (Å²) in [5, 5.41) is 13.5. The van der Waals surface area contributed by atoms with Gasteiger partial charge in [-0.1, -0.05) is 11.3 Å². The Kier molecular flexibility index (Phi) is 4.53. The van der Waals surface area contributed by atoms with Crippen molar-refractivity contribution in [3.8, 4) is 5.69 Å². The summed E-state index contributed by atoms with van der Waals surface area (Å²) in [6.45, 7) is 0.716. The number of carbonyl (C=O) groups is 1. The van der Waals surface area contributed by atoms with E-state index < -0.39 is 0 Å². The van der Waals surface area contributed by atoms with E-state index in [1.165, 1.54) is 0 Å². The Balaban J connectivity index is 1.49. The highest BCUT2D eigenvalue weighted by Crippen LogP contribution is 2.04. The number of nitrogens with zero attached hydrogens (tertiary/aromatic N) is 5. The zero-order valence-corrected chi connectivity index (χ0v) is 12.3. The number of pyridine rings is 2. The molecule has 0 atom stereocenters. The van der Waals surface area contributed by atoms with Crippen molar-refractivity contribution in [3.63, 3.8) is 0 Å². The van der Waals surface area contributed by atoms with Gasteiger partial charge in [0.15, 0.2) is 0 Å². The molecule has 0 aliphatic rings. The topological polar surface area (TPSA) is 97.6 Å². The van der Waals surface area contributed by atoms with E-state index in [-0.39, 0.29) is 6.03 Å². The third kappa shape index (κ3) is 4.10. The van der Waals surface area contributed by atoms with Gasteiger partial charge in [-0.2, -0.15) is 0 Å². The summed E-state index contributed by atoms with van der Waals surface area (Å²) in [7, 11) is 0. The van der Waals surface area contributed by atoms with Gasteiger partial charge in [0.25, 0.3) is 0 Å². The first kappa shape index (κ1) is 14.6. The van der Waals surface area contributed by atoms with E-state index in [0.717, 1.165) is 11.3 Å². The van der Waals surface area contributed by atoms with Gasteiger partial charge in [-0.3, -0.25) is 9.97 Å². The maximum absolute atomic E-state index is 11.8. The van der Waals surface area contributed by atoms with Gasteiger partial charge in [0, 0.05) is 31.3 Å². The summed E-state index contributed by atoms with van der Waals surface area (Å²) in [4.78, 5) is 19.7. The summed E-state index contributed by atoms with van der Waals surface area (Å²) in [6.07, 6.45) is 8.52. The van der Waals surface area contributed by atoms with Crippen LogP contribution in [0.3, 0.4) is 0 Å². The minimum atomic E-state index is -0.271. The number of hydrogen-bond acceptors (Lipinski definition) is 5. The quantitative estimate of drug-likeness (QED) is 0.734. The monoisotopic (exact) mass is 309 g/mol. The molecule has 0 bridgehead atoms. The lowest BCUT2D eigenvalue weighted by Crippen LogP contribution is -2.34. The Morgan fingerprint density at radius 1 is 1.04 bits per heavy atom. The zero-order chi connectivity index (χ0) is 15.9. The molecule has 0 fully saturated rings. The number of aromatic nitrogens is 5. The second-order valence-electron chi connectivity index (χ2n) is 4.76. The first-order valence-electron chi connectivity index (χ1n) is 7.03. The minimum Gasteiger partial charge on any atom is -0.334 e. The molecule has 0 aliphatic carbocycles. The van der Waals surface area contributed by atoms with Gasteiger partial charge in [0.2, 0.25) is 0 Å². The number of carbonyl (C=O) groups excluding carboxylic acids is 1. The van der Waals surface area contributed by atoms with E-state index in [4.69, 9.17) is 0 Å². The zero-order valence-electron chi connectivity index (χ0n) is 12.3. The Morgan fingerprint density at radius 2 is 1.87 bits per heavy atom. The predicted molar refractivity (Wildman–Crippen MR) is 82.5 cm³/mol. The molecule has 3 heterocycles. The third-order valence-electron chi connectivity index (χ3n) is 3.07. The highest BCUT2D eigenvalue weighted by atomic mass is 16.2. The molecule has 0 spiro atoms. The van der Waals surface area contributed by atoms with Gasteiger partial charge < -0.3 is 10.6 Å². The fraction of sp³-hybridized carbons (Fsp3) is 0.133. The van der Waals surface area contributed by atoms with Crippen LogP contribution >= 0.6 is 0 Å². The molecule has 23 heavy (non-hydrogen) atoms. The van der Waals surface area contributed by atoms with Crippen LogP contribution in [0, 0.1) is 0 Å². The van der Waals surface area contributed by atoms with Crippen LogP contribution in [0.5, 0.6) is 0 Å². The van der Waals surface area contributed by atoms with Crippen LogP contribution in [0.1, 0.15) is 11.3 Å². The smallest absolute Gasteiger partial charge is 0.315 e. The van der Waals surface area contributed by atoms with Gasteiger partial charge in [0.05, 0.1) is 18.4 Å². The Labute approximate surface area is 132 Å². The van der Waals surface area contributed by atoms with Gasteiger partial charge in [-0.15, -0.1) is 5.10 Å². The SMILES string of the molecule is O=C(NCc1cccnc1)NCc1cn(-c2ccncc2)nn1. The molecule has 8 heteroatoms. The number of amides is 2. The lowest BCUT2D eigenvalue weighted by Gasteiger charge is -2.05. The van der Waals surface area contributed by atoms with Crippen molar-refractivity contribution in [2.75, 3.05) is 0 Å². The predicted octanol–water partition coefficient (Wildman–Crippen LogP) is 1.06. The number of rotatable bonds is 5. The van der Waals surface area contributed by atoms with Crippen molar-refractivity contribution in [2.45, 2.75) is 13.1 Å². The molecule has 3 aromatic heterocycles. The molecular formula is C15H15N7O. The third-order valence-corrected chi connectivity index (χ3v) is 3.07. The number of hydrogen-bond donors (Lipinski definition) is 2. The second-order valence-corrected chi connectivity index (χ2v) is 4.76. The number of urea groups is 1. The molecule has 3 aromatic rings. The standard InChI is InChI=1S/C15H15N7O/c23-15(18-9-12-2-1-5-17-8-12)19-10-13-11-22(21-20-13)14-3-6-16-7-4-14/h1-8,11H,9-10H2,(H2,18,19,23). The lowest BCUT2D eigenvalue weighted by atomic mass is 10.3.